The van der Waals surface area contributed by atoms with Gasteiger partial charge >= 0.3 is 6.18 Å². The molecule has 3 N–H and O–H groups in total. The number of carbonyl (C=O) groups is 1. The van der Waals surface area contributed by atoms with Gasteiger partial charge in [0.05, 0.1) is 18.4 Å². The first-order chi connectivity index (χ1) is 14.7. The van der Waals surface area contributed by atoms with Crippen LogP contribution in [0, 0.1) is 0 Å². The maximum Gasteiger partial charge on any atom is 0.434 e. The summed E-state index contributed by atoms with van der Waals surface area (Å²) in [7, 11) is 9.01. The van der Waals surface area contributed by atoms with Crippen molar-refractivity contribution in [2.24, 2.45) is 10.7 Å². The van der Waals surface area contributed by atoms with E-state index in [4.69, 9.17) is 10.5 Å². The lowest BCUT2D eigenvalue weighted by Crippen LogP contribution is -2.36. The molecule has 1 aromatic rings. The molecule has 11 heteroatoms. The van der Waals surface area contributed by atoms with Crippen LogP contribution in [0.2, 0.25) is 0 Å². The van der Waals surface area contributed by atoms with Crippen molar-refractivity contribution < 1.29 is 22.7 Å². The van der Waals surface area contributed by atoms with Gasteiger partial charge < -0.3 is 20.7 Å². The van der Waals surface area contributed by atoms with Crippen LogP contribution in [-0.4, -0.2) is 68.5 Å². The van der Waals surface area contributed by atoms with Crippen molar-refractivity contribution in [1.82, 2.24) is 10.2 Å². The number of alkyl halides is 3. The van der Waals surface area contributed by atoms with Gasteiger partial charge in [-0.25, -0.2) is 4.99 Å². The van der Waals surface area contributed by atoms with Crippen molar-refractivity contribution in [3.8, 4) is 5.75 Å². The normalized spacial score (nSPS) is 12.9. The lowest BCUT2D eigenvalue weighted by atomic mass is 10.1. The van der Waals surface area contributed by atoms with Gasteiger partial charge in [0.2, 0.25) is 0 Å². The van der Waals surface area contributed by atoms with E-state index in [1.165, 1.54) is 31.4 Å². The fraction of sp³-hybridized carbons (Fsp3) is 0.500. The molecule has 1 amide bonds. The third-order valence-corrected chi connectivity index (χ3v) is 6.36. The molecule has 0 aromatic heterocycles. The molecular weight excluding hydrogens is 449 g/mol. The molecular formula is C20H29F3N4O2S2. The molecule has 0 fully saturated rings. The van der Waals surface area contributed by atoms with Gasteiger partial charge in [-0.05, 0) is 51.2 Å². The van der Waals surface area contributed by atoms with E-state index in [0.717, 1.165) is 24.5 Å². The molecule has 0 aliphatic heterocycles. The Bertz CT molecular complexity index is 739. The molecule has 0 radical (unpaired) electrons. The smallest absolute Gasteiger partial charge is 0.434 e. The number of amides is 1. The summed E-state index contributed by atoms with van der Waals surface area (Å²) in [6.07, 6.45) is -2.71. The van der Waals surface area contributed by atoms with Crippen LogP contribution in [0.25, 0.3) is 0 Å². The lowest BCUT2D eigenvalue weighted by molar-refractivity contribution is -0.117. The van der Waals surface area contributed by atoms with Gasteiger partial charge in [0.1, 0.15) is 5.75 Å². The zero-order valence-electron chi connectivity index (χ0n) is 17.9. The van der Waals surface area contributed by atoms with Gasteiger partial charge in [-0.3, -0.25) is 4.79 Å². The minimum atomic E-state index is -4.84. The molecule has 0 atom stereocenters. The standard InChI is InChI=1S/C20H29F3N4O2S2/c1-27(2)11-13-31-30-12-5-4-10-25-19(28)17(14-24)18(20(21,22)23)26-15-6-8-16(29-3)9-7-15/h6-9,14H,4-5,10-13,24H2,1-3H3,(H,25,28). The summed E-state index contributed by atoms with van der Waals surface area (Å²) in [6, 6.07) is 5.70. The van der Waals surface area contributed by atoms with Crippen LogP contribution in [0.3, 0.4) is 0 Å². The van der Waals surface area contributed by atoms with E-state index in [-0.39, 0.29) is 12.2 Å². The largest absolute Gasteiger partial charge is 0.497 e. The van der Waals surface area contributed by atoms with Crippen LogP contribution in [0.5, 0.6) is 5.75 Å². The van der Waals surface area contributed by atoms with E-state index in [0.29, 0.717) is 18.4 Å². The number of hydrogen-bond donors (Lipinski definition) is 2. The van der Waals surface area contributed by atoms with Gasteiger partial charge in [0.15, 0.2) is 5.71 Å². The predicted octanol–water partition coefficient (Wildman–Crippen LogP) is 4.01. The molecule has 0 aliphatic carbocycles. The molecule has 6 nitrogen and oxygen atoms in total. The predicted molar refractivity (Wildman–Crippen MR) is 124 cm³/mol. The summed E-state index contributed by atoms with van der Waals surface area (Å²) in [5, 5.41) is 2.50. The zero-order valence-corrected chi connectivity index (χ0v) is 19.5. The van der Waals surface area contributed by atoms with Crippen molar-refractivity contribution in [3.05, 3.63) is 36.0 Å². The lowest BCUT2D eigenvalue weighted by Gasteiger charge is -2.14. The monoisotopic (exact) mass is 478 g/mol. The Morgan fingerprint density at radius 1 is 1.19 bits per heavy atom. The summed E-state index contributed by atoms with van der Waals surface area (Å²) in [5.41, 5.74) is 3.34. The van der Waals surface area contributed by atoms with Crippen molar-refractivity contribution in [2.75, 3.05) is 45.8 Å². The van der Waals surface area contributed by atoms with Crippen molar-refractivity contribution >= 4 is 38.9 Å². The number of methoxy groups -OCH3 is 1. The molecule has 0 heterocycles. The fourth-order valence-corrected chi connectivity index (χ4v) is 4.53. The third-order valence-electron chi connectivity index (χ3n) is 3.89. The second-order valence-corrected chi connectivity index (χ2v) is 9.35. The summed E-state index contributed by atoms with van der Waals surface area (Å²) >= 11 is 0. The first-order valence-corrected chi connectivity index (χ1v) is 12.1. The Balaban J connectivity index is 2.61. The average Bonchev–Trinajstić information content (AvgIpc) is 2.72. The topological polar surface area (TPSA) is 80.0 Å². The SMILES string of the molecule is COc1ccc(N=C(C(=CN)C(=O)NCCCCSSCCN(C)C)C(F)(F)F)cc1. The Hall–Kier alpha value is -1.85. The maximum absolute atomic E-state index is 13.5. The molecule has 31 heavy (non-hydrogen) atoms. The Kier molecular flexibility index (Phi) is 12.5. The van der Waals surface area contributed by atoms with E-state index >= 15 is 0 Å². The third kappa shape index (κ3) is 10.8. The number of hydrogen-bond acceptors (Lipinski definition) is 7. The van der Waals surface area contributed by atoms with Crippen molar-refractivity contribution in [3.63, 3.8) is 0 Å². The summed E-state index contributed by atoms with van der Waals surface area (Å²) < 4.78 is 45.6. The van der Waals surface area contributed by atoms with Gasteiger partial charge in [-0.15, -0.1) is 0 Å². The van der Waals surface area contributed by atoms with E-state index < -0.39 is 23.4 Å². The van der Waals surface area contributed by atoms with E-state index in [9.17, 15) is 18.0 Å². The van der Waals surface area contributed by atoms with Crippen LogP contribution >= 0.6 is 21.6 Å². The highest BCUT2D eigenvalue weighted by atomic mass is 33.1. The number of unbranched alkanes of at least 4 members (excludes halogenated alkanes) is 1. The van der Waals surface area contributed by atoms with Gasteiger partial charge in [0, 0.05) is 30.8 Å². The number of rotatable bonds is 13. The van der Waals surface area contributed by atoms with Crippen LogP contribution < -0.4 is 15.8 Å². The number of nitrogens with one attached hydrogen (secondary N) is 1. The molecule has 1 rings (SSSR count). The number of aliphatic imine (C=N–C) groups is 1. The summed E-state index contributed by atoms with van der Waals surface area (Å²) in [5.74, 6) is 1.50. The first kappa shape index (κ1) is 27.2. The molecule has 0 spiro atoms. The van der Waals surface area contributed by atoms with E-state index in [1.807, 2.05) is 14.1 Å². The fourth-order valence-electron chi connectivity index (χ4n) is 2.25. The Morgan fingerprint density at radius 3 is 2.39 bits per heavy atom. The highest BCUT2D eigenvalue weighted by Gasteiger charge is 2.40. The van der Waals surface area contributed by atoms with Gasteiger partial charge in [-0.2, -0.15) is 13.2 Å². The number of ether oxygens (including phenoxy) is 1. The molecule has 0 bridgehead atoms. The minimum Gasteiger partial charge on any atom is -0.497 e. The van der Waals surface area contributed by atoms with Crippen LogP contribution in [0.4, 0.5) is 18.9 Å². The second-order valence-electron chi connectivity index (χ2n) is 6.65. The van der Waals surface area contributed by atoms with Crippen LogP contribution in [-0.2, 0) is 4.79 Å². The Labute approximate surface area is 189 Å². The molecule has 0 saturated heterocycles. The number of nitrogens with two attached hydrogens (primary N) is 1. The molecule has 0 aliphatic rings. The summed E-state index contributed by atoms with van der Waals surface area (Å²) in [6.45, 7) is 1.26. The molecule has 0 unspecified atom stereocenters. The highest BCUT2D eigenvalue weighted by molar-refractivity contribution is 8.76. The number of carbonyl (C=O) groups excluding carboxylic acids is 1. The highest BCUT2D eigenvalue weighted by Crippen LogP contribution is 2.27. The first-order valence-electron chi connectivity index (χ1n) is 9.58. The van der Waals surface area contributed by atoms with Crippen molar-refractivity contribution in [1.29, 1.82) is 0 Å². The van der Waals surface area contributed by atoms with Crippen LogP contribution in [0.1, 0.15) is 12.8 Å². The molecule has 1 aromatic carbocycles. The molecule has 174 valence electrons. The second kappa shape index (κ2) is 14.3. The van der Waals surface area contributed by atoms with Gasteiger partial charge in [-0.1, -0.05) is 21.6 Å². The Morgan fingerprint density at radius 2 is 1.84 bits per heavy atom. The maximum atomic E-state index is 13.5. The number of nitrogens with zero attached hydrogens (tertiary/aromatic N) is 2. The van der Waals surface area contributed by atoms with Crippen LogP contribution in [0.15, 0.2) is 41.0 Å². The van der Waals surface area contributed by atoms with E-state index in [1.54, 1.807) is 21.6 Å². The zero-order chi connectivity index (χ0) is 23.3. The van der Waals surface area contributed by atoms with E-state index in [2.05, 4.69) is 15.2 Å². The quantitative estimate of drug-likeness (QED) is 0.193. The minimum absolute atomic E-state index is 0.0315. The average molecular weight is 479 g/mol. The summed E-state index contributed by atoms with van der Waals surface area (Å²) in [4.78, 5) is 18.0. The van der Waals surface area contributed by atoms with Gasteiger partial charge in [0.25, 0.3) is 5.91 Å². The molecule has 0 saturated carbocycles. The van der Waals surface area contributed by atoms with Crippen molar-refractivity contribution in [2.45, 2.75) is 19.0 Å². The number of halogens is 3. The number of benzene rings is 1.